The zero-order valence-corrected chi connectivity index (χ0v) is 12.3. The Hall–Kier alpha value is -1.10. The zero-order valence-electron chi connectivity index (χ0n) is 12.3. The van der Waals surface area contributed by atoms with E-state index in [1.165, 1.54) is 11.1 Å². The molecule has 112 valence electrons. The number of benzene rings is 1. The number of methoxy groups -OCH3 is 1. The Kier molecular flexibility index (Phi) is 6.84. The van der Waals surface area contributed by atoms with Crippen LogP contribution in [0.1, 0.15) is 24.0 Å². The predicted molar refractivity (Wildman–Crippen MR) is 79.3 cm³/mol. The van der Waals surface area contributed by atoms with Crippen LogP contribution in [0.15, 0.2) is 18.2 Å². The molecule has 0 spiro atoms. The fourth-order valence-corrected chi connectivity index (χ4v) is 2.28. The molecule has 20 heavy (non-hydrogen) atoms. The van der Waals surface area contributed by atoms with Gasteiger partial charge in [-0.3, -0.25) is 0 Å². The lowest BCUT2D eigenvalue weighted by atomic mass is 10.1. The number of nitrogens with one attached hydrogen (secondary N) is 1. The molecule has 1 aliphatic heterocycles. The summed E-state index contributed by atoms with van der Waals surface area (Å²) >= 11 is 0. The van der Waals surface area contributed by atoms with Gasteiger partial charge in [-0.15, -0.1) is 0 Å². The van der Waals surface area contributed by atoms with Crippen LogP contribution in [-0.4, -0.2) is 40.1 Å². The number of rotatable bonds is 10. The molecule has 4 nitrogen and oxygen atoms in total. The van der Waals surface area contributed by atoms with Crippen molar-refractivity contribution in [3.8, 4) is 5.75 Å². The van der Waals surface area contributed by atoms with Gasteiger partial charge in [0.2, 0.25) is 0 Å². The number of ether oxygens (including phenoxy) is 3. The normalized spacial score (nSPS) is 13.2. The smallest absolute Gasteiger partial charge is 0.122 e. The zero-order chi connectivity index (χ0) is 14.0. The van der Waals surface area contributed by atoms with E-state index < -0.39 is 0 Å². The standard InChI is InChI=1S/C16H25NO3/c1-18-10-11-19-8-3-2-7-17-13-14-4-5-16-15(12-14)6-9-20-16/h4-5,12,17H,2-3,6-11,13H2,1H3. The van der Waals surface area contributed by atoms with Crippen LogP contribution in [0.2, 0.25) is 0 Å². The van der Waals surface area contributed by atoms with Gasteiger partial charge in [0.25, 0.3) is 0 Å². The maximum Gasteiger partial charge on any atom is 0.122 e. The third kappa shape index (κ3) is 5.12. The van der Waals surface area contributed by atoms with Gasteiger partial charge in [0.15, 0.2) is 0 Å². The molecular formula is C16H25NO3. The quantitative estimate of drug-likeness (QED) is 0.666. The molecule has 1 heterocycles. The first-order chi connectivity index (χ1) is 9.90. The summed E-state index contributed by atoms with van der Waals surface area (Å²) in [5.41, 5.74) is 2.68. The molecule has 1 aromatic rings. The summed E-state index contributed by atoms with van der Waals surface area (Å²) in [5, 5.41) is 3.47. The molecule has 0 saturated heterocycles. The van der Waals surface area contributed by atoms with Crippen LogP contribution in [0.25, 0.3) is 0 Å². The van der Waals surface area contributed by atoms with E-state index in [9.17, 15) is 0 Å². The first-order valence-electron chi connectivity index (χ1n) is 7.42. The number of fused-ring (bicyclic) bond motifs is 1. The third-order valence-electron chi connectivity index (χ3n) is 3.41. The highest BCUT2D eigenvalue weighted by atomic mass is 16.5. The summed E-state index contributed by atoms with van der Waals surface area (Å²) in [4.78, 5) is 0. The maximum atomic E-state index is 5.51. The van der Waals surface area contributed by atoms with Crippen LogP contribution in [0, 0.1) is 0 Å². The van der Waals surface area contributed by atoms with E-state index >= 15 is 0 Å². The average Bonchev–Trinajstić information content (AvgIpc) is 2.93. The highest BCUT2D eigenvalue weighted by Crippen LogP contribution is 2.25. The van der Waals surface area contributed by atoms with Crippen molar-refractivity contribution in [3.63, 3.8) is 0 Å². The Bertz CT molecular complexity index is 395. The second-order valence-electron chi connectivity index (χ2n) is 5.03. The molecule has 2 rings (SSSR count). The van der Waals surface area contributed by atoms with Crippen LogP contribution in [0.5, 0.6) is 5.75 Å². The van der Waals surface area contributed by atoms with E-state index in [0.29, 0.717) is 13.2 Å². The monoisotopic (exact) mass is 279 g/mol. The molecule has 1 aliphatic rings. The topological polar surface area (TPSA) is 39.7 Å². The van der Waals surface area contributed by atoms with Crippen LogP contribution in [0.4, 0.5) is 0 Å². The largest absolute Gasteiger partial charge is 0.493 e. The number of unbranched alkanes of at least 4 members (excludes halogenated alkanes) is 1. The van der Waals surface area contributed by atoms with Crippen molar-refractivity contribution >= 4 is 0 Å². The summed E-state index contributed by atoms with van der Waals surface area (Å²) in [6.07, 6.45) is 3.28. The summed E-state index contributed by atoms with van der Waals surface area (Å²) in [7, 11) is 1.69. The molecule has 0 aromatic heterocycles. The van der Waals surface area contributed by atoms with E-state index in [-0.39, 0.29) is 0 Å². The molecule has 0 radical (unpaired) electrons. The van der Waals surface area contributed by atoms with Crippen molar-refractivity contribution in [2.45, 2.75) is 25.8 Å². The third-order valence-corrected chi connectivity index (χ3v) is 3.41. The SMILES string of the molecule is COCCOCCCCNCc1ccc2c(c1)CCO2. The first kappa shape index (κ1) is 15.3. The molecular weight excluding hydrogens is 254 g/mol. The van der Waals surface area contributed by atoms with Crippen molar-refractivity contribution in [1.29, 1.82) is 0 Å². The lowest BCUT2D eigenvalue weighted by Gasteiger charge is -2.07. The van der Waals surface area contributed by atoms with Gasteiger partial charge < -0.3 is 19.5 Å². The minimum Gasteiger partial charge on any atom is -0.493 e. The number of hydrogen-bond donors (Lipinski definition) is 1. The Morgan fingerprint density at radius 3 is 3.05 bits per heavy atom. The fraction of sp³-hybridized carbons (Fsp3) is 0.625. The van der Waals surface area contributed by atoms with Gasteiger partial charge >= 0.3 is 0 Å². The van der Waals surface area contributed by atoms with Gasteiger partial charge in [-0.25, -0.2) is 0 Å². The van der Waals surface area contributed by atoms with Crippen LogP contribution < -0.4 is 10.1 Å². The van der Waals surface area contributed by atoms with Crippen molar-refractivity contribution in [3.05, 3.63) is 29.3 Å². The Balaban J connectivity index is 1.51. The molecule has 0 bridgehead atoms. The highest BCUT2D eigenvalue weighted by molar-refractivity contribution is 5.39. The van der Waals surface area contributed by atoms with Crippen LogP contribution in [0.3, 0.4) is 0 Å². The Labute approximate surface area is 121 Å². The summed E-state index contributed by atoms with van der Waals surface area (Å²) < 4.78 is 15.9. The van der Waals surface area contributed by atoms with Crippen molar-refractivity contribution in [2.24, 2.45) is 0 Å². The van der Waals surface area contributed by atoms with Crippen molar-refractivity contribution in [1.82, 2.24) is 5.32 Å². The Morgan fingerprint density at radius 2 is 2.15 bits per heavy atom. The predicted octanol–water partition coefficient (Wildman–Crippen LogP) is 2.15. The molecule has 0 unspecified atom stereocenters. The van der Waals surface area contributed by atoms with Gasteiger partial charge in [0.05, 0.1) is 19.8 Å². The maximum absolute atomic E-state index is 5.51. The van der Waals surface area contributed by atoms with Gasteiger partial charge in [-0.1, -0.05) is 12.1 Å². The second-order valence-corrected chi connectivity index (χ2v) is 5.03. The average molecular weight is 279 g/mol. The van der Waals surface area contributed by atoms with Gasteiger partial charge in [0, 0.05) is 26.7 Å². The minimum atomic E-state index is 0.681. The van der Waals surface area contributed by atoms with E-state index in [0.717, 1.165) is 51.3 Å². The minimum absolute atomic E-state index is 0.681. The molecule has 1 N–H and O–H groups in total. The lowest BCUT2D eigenvalue weighted by molar-refractivity contribution is 0.0688. The molecule has 1 aromatic carbocycles. The van der Waals surface area contributed by atoms with Gasteiger partial charge in [-0.05, 0) is 36.6 Å². The lowest BCUT2D eigenvalue weighted by Crippen LogP contribution is -2.15. The molecule has 4 heteroatoms. The number of hydrogen-bond acceptors (Lipinski definition) is 4. The fourth-order valence-electron chi connectivity index (χ4n) is 2.28. The molecule has 0 atom stereocenters. The summed E-state index contributed by atoms with van der Waals surface area (Å²) in [6, 6.07) is 6.48. The highest BCUT2D eigenvalue weighted by Gasteiger charge is 2.11. The molecule has 0 saturated carbocycles. The van der Waals surface area contributed by atoms with Gasteiger partial charge in [0.1, 0.15) is 5.75 Å². The van der Waals surface area contributed by atoms with Crippen LogP contribution >= 0.6 is 0 Å². The molecule has 0 aliphatic carbocycles. The summed E-state index contributed by atoms with van der Waals surface area (Å²) in [6.45, 7) is 4.98. The van der Waals surface area contributed by atoms with Gasteiger partial charge in [-0.2, -0.15) is 0 Å². The van der Waals surface area contributed by atoms with Crippen LogP contribution in [-0.2, 0) is 22.4 Å². The molecule has 0 fully saturated rings. The van der Waals surface area contributed by atoms with E-state index in [2.05, 4.69) is 23.5 Å². The van der Waals surface area contributed by atoms with E-state index in [1.807, 2.05) is 0 Å². The van der Waals surface area contributed by atoms with Crippen molar-refractivity contribution in [2.75, 3.05) is 40.1 Å². The Morgan fingerprint density at radius 1 is 1.20 bits per heavy atom. The van der Waals surface area contributed by atoms with E-state index in [1.54, 1.807) is 7.11 Å². The molecule has 0 amide bonds. The van der Waals surface area contributed by atoms with Crippen molar-refractivity contribution < 1.29 is 14.2 Å². The summed E-state index contributed by atoms with van der Waals surface area (Å²) in [5.74, 6) is 1.06. The van der Waals surface area contributed by atoms with E-state index in [4.69, 9.17) is 14.2 Å². The first-order valence-corrected chi connectivity index (χ1v) is 7.42. The second kappa shape index (κ2) is 8.95.